The summed E-state index contributed by atoms with van der Waals surface area (Å²) in [7, 11) is 1.52. The summed E-state index contributed by atoms with van der Waals surface area (Å²) in [6.07, 6.45) is 5.41. The molecule has 1 fully saturated rings. The van der Waals surface area contributed by atoms with Gasteiger partial charge < -0.3 is 10.0 Å². The Morgan fingerprint density at radius 3 is 2.24 bits per heavy atom. The average molecular weight is 344 g/mol. The lowest BCUT2D eigenvalue weighted by atomic mass is 9.84. The van der Waals surface area contributed by atoms with E-state index in [0.717, 1.165) is 12.8 Å². The summed E-state index contributed by atoms with van der Waals surface area (Å²) in [4.78, 5) is 39.1. The first-order chi connectivity index (χ1) is 12.0. The third-order valence-corrected chi connectivity index (χ3v) is 5.45. The number of fused-ring (bicyclic) bond motifs is 1. The maximum absolute atomic E-state index is 12.6. The quantitative estimate of drug-likeness (QED) is 0.832. The van der Waals surface area contributed by atoms with Crippen LogP contribution in [0, 0.1) is 5.92 Å². The van der Waals surface area contributed by atoms with Crippen LogP contribution in [0.15, 0.2) is 24.3 Å². The topological polar surface area (TPSA) is 77.9 Å². The monoisotopic (exact) mass is 344 g/mol. The summed E-state index contributed by atoms with van der Waals surface area (Å²) in [6, 6.07) is 6.38. The van der Waals surface area contributed by atoms with E-state index >= 15 is 0 Å². The predicted molar refractivity (Wildman–Crippen MR) is 92.6 cm³/mol. The van der Waals surface area contributed by atoms with E-state index in [1.54, 1.807) is 24.3 Å². The lowest BCUT2D eigenvalue weighted by Gasteiger charge is -2.33. The maximum atomic E-state index is 12.6. The summed E-state index contributed by atoms with van der Waals surface area (Å²) in [5.41, 5.74) is 0.809. The fraction of sp³-hybridized carbons (Fsp3) is 0.526. The molecule has 1 heterocycles. The molecule has 3 rings (SSSR count). The second-order valence-corrected chi connectivity index (χ2v) is 7.05. The smallest absolute Gasteiger partial charge is 0.407 e. The highest BCUT2D eigenvalue weighted by Crippen LogP contribution is 2.30. The van der Waals surface area contributed by atoms with Gasteiger partial charge >= 0.3 is 6.09 Å². The van der Waals surface area contributed by atoms with Crippen molar-refractivity contribution in [1.82, 2.24) is 9.80 Å². The highest BCUT2D eigenvalue weighted by atomic mass is 16.4. The summed E-state index contributed by atoms with van der Waals surface area (Å²) in [5.74, 6) is -0.197. The third kappa shape index (κ3) is 3.52. The number of carbonyl (C=O) groups excluding carboxylic acids is 2. The Labute approximate surface area is 147 Å². The van der Waals surface area contributed by atoms with E-state index in [1.165, 1.54) is 36.1 Å². The number of carboxylic acid groups (broad SMARTS) is 1. The van der Waals surface area contributed by atoms with E-state index in [1.807, 2.05) is 0 Å². The van der Waals surface area contributed by atoms with Gasteiger partial charge in [0, 0.05) is 13.6 Å². The molecule has 1 aromatic rings. The molecule has 0 bridgehead atoms. The van der Waals surface area contributed by atoms with Gasteiger partial charge in [0.15, 0.2) is 0 Å². The van der Waals surface area contributed by atoms with Crippen molar-refractivity contribution in [3.05, 3.63) is 35.4 Å². The number of nitrogens with zero attached hydrogens (tertiary/aromatic N) is 2. The molecule has 0 saturated heterocycles. The summed E-state index contributed by atoms with van der Waals surface area (Å²) >= 11 is 0. The number of hydrogen-bond donors (Lipinski definition) is 1. The van der Waals surface area contributed by atoms with E-state index < -0.39 is 6.09 Å². The molecule has 6 nitrogen and oxygen atoms in total. The van der Waals surface area contributed by atoms with E-state index in [0.29, 0.717) is 23.5 Å². The SMILES string of the molecule is CN(C(=O)O)C(CC1CCCCC1)CN1C(=O)c2ccccc2C1=O. The van der Waals surface area contributed by atoms with Crippen molar-refractivity contribution < 1.29 is 19.5 Å². The Bertz CT molecular complexity index is 647. The van der Waals surface area contributed by atoms with Gasteiger partial charge in [-0.3, -0.25) is 14.5 Å². The molecule has 1 saturated carbocycles. The van der Waals surface area contributed by atoms with Crippen LogP contribution < -0.4 is 0 Å². The van der Waals surface area contributed by atoms with Crippen molar-refractivity contribution >= 4 is 17.9 Å². The Balaban J connectivity index is 1.77. The van der Waals surface area contributed by atoms with Crippen molar-refractivity contribution in [2.75, 3.05) is 13.6 Å². The number of rotatable bonds is 5. The van der Waals surface area contributed by atoms with Crippen molar-refractivity contribution in [1.29, 1.82) is 0 Å². The van der Waals surface area contributed by atoms with Crippen LogP contribution in [0.2, 0.25) is 0 Å². The highest BCUT2D eigenvalue weighted by molar-refractivity contribution is 6.21. The molecule has 1 aliphatic carbocycles. The number of carbonyl (C=O) groups is 3. The third-order valence-electron chi connectivity index (χ3n) is 5.45. The van der Waals surface area contributed by atoms with Crippen LogP contribution in [-0.2, 0) is 0 Å². The molecule has 1 unspecified atom stereocenters. The molecule has 3 amide bonds. The molecule has 6 heteroatoms. The van der Waals surface area contributed by atoms with Crippen LogP contribution in [0.5, 0.6) is 0 Å². The van der Waals surface area contributed by atoms with E-state index in [-0.39, 0.29) is 24.4 Å². The van der Waals surface area contributed by atoms with Crippen molar-refractivity contribution in [3.63, 3.8) is 0 Å². The fourth-order valence-electron chi connectivity index (χ4n) is 3.93. The standard InChI is InChI=1S/C19H24N2O4/c1-20(19(24)25)14(11-13-7-3-2-4-8-13)12-21-17(22)15-9-5-6-10-16(15)18(21)23/h5-6,9-10,13-14H,2-4,7-8,11-12H2,1H3,(H,24,25). The van der Waals surface area contributed by atoms with Gasteiger partial charge in [0.05, 0.1) is 17.2 Å². The van der Waals surface area contributed by atoms with Crippen molar-refractivity contribution in [2.24, 2.45) is 5.92 Å². The zero-order valence-electron chi connectivity index (χ0n) is 14.5. The first-order valence-corrected chi connectivity index (χ1v) is 8.90. The first kappa shape index (κ1) is 17.5. The molecule has 0 spiro atoms. The summed E-state index contributed by atoms with van der Waals surface area (Å²) in [5, 5.41) is 9.40. The lowest BCUT2D eigenvalue weighted by molar-refractivity contribution is 0.0574. The number of benzene rings is 1. The zero-order valence-corrected chi connectivity index (χ0v) is 14.5. The molecule has 1 aromatic carbocycles. The molecular formula is C19H24N2O4. The molecule has 1 atom stereocenters. The van der Waals surface area contributed by atoms with Crippen LogP contribution in [-0.4, -0.2) is 52.4 Å². The van der Waals surface area contributed by atoms with E-state index in [2.05, 4.69) is 0 Å². The number of hydrogen-bond acceptors (Lipinski definition) is 3. The van der Waals surface area contributed by atoms with Crippen LogP contribution >= 0.6 is 0 Å². The van der Waals surface area contributed by atoms with E-state index in [4.69, 9.17) is 0 Å². The molecule has 1 aliphatic heterocycles. The van der Waals surface area contributed by atoms with Gasteiger partial charge in [-0.15, -0.1) is 0 Å². The Kier molecular flexibility index (Phi) is 5.06. The Morgan fingerprint density at radius 1 is 1.16 bits per heavy atom. The summed E-state index contributed by atoms with van der Waals surface area (Å²) in [6.45, 7) is 0.117. The number of likely N-dealkylation sites (N-methyl/N-ethyl adjacent to an activating group) is 1. The average Bonchev–Trinajstić information content (AvgIpc) is 2.86. The van der Waals surface area contributed by atoms with Gasteiger partial charge in [-0.2, -0.15) is 0 Å². The van der Waals surface area contributed by atoms with Crippen LogP contribution in [0.1, 0.15) is 59.2 Å². The normalized spacial score (nSPS) is 19.0. The number of imide groups is 1. The van der Waals surface area contributed by atoms with Gasteiger partial charge in [0.2, 0.25) is 0 Å². The Morgan fingerprint density at radius 2 is 1.72 bits per heavy atom. The van der Waals surface area contributed by atoms with Crippen LogP contribution in [0.25, 0.3) is 0 Å². The highest BCUT2D eigenvalue weighted by Gasteiger charge is 2.38. The number of amides is 3. The largest absolute Gasteiger partial charge is 0.465 e. The minimum Gasteiger partial charge on any atom is -0.465 e. The molecular weight excluding hydrogens is 320 g/mol. The van der Waals surface area contributed by atoms with Gasteiger partial charge in [-0.25, -0.2) is 4.79 Å². The van der Waals surface area contributed by atoms with E-state index in [9.17, 15) is 19.5 Å². The predicted octanol–water partition coefficient (Wildman–Crippen LogP) is 3.23. The maximum Gasteiger partial charge on any atom is 0.407 e. The molecule has 0 radical (unpaired) electrons. The molecule has 1 N–H and O–H groups in total. The van der Waals surface area contributed by atoms with Gasteiger partial charge in [0.1, 0.15) is 0 Å². The fourth-order valence-corrected chi connectivity index (χ4v) is 3.93. The van der Waals surface area contributed by atoms with Crippen molar-refractivity contribution in [3.8, 4) is 0 Å². The Hall–Kier alpha value is -2.37. The van der Waals surface area contributed by atoms with Crippen LogP contribution in [0.3, 0.4) is 0 Å². The second-order valence-electron chi connectivity index (χ2n) is 7.05. The van der Waals surface area contributed by atoms with Crippen LogP contribution in [0.4, 0.5) is 4.79 Å². The lowest BCUT2D eigenvalue weighted by Crippen LogP contribution is -2.47. The molecule has 2 aliphatic rings. The second kappa shape index (κ2) is 7.25. The minimum atomic E-state index is -1.03. The van der Waals surface area contributed by atoms with Crippen molar-refractivity contribution in [2.45, 2.75) is 44.6 Å². The van der Waals surface area contributed by atoms with Gasteiger partial charge in [-0.05, 0) is 24.5 Å². The van der Waals surface area contributed by atoms with Gasteiger partial charge in [-0.1, -0.05) is 44.2 Å². The minimum absolute atomic E-state index is 0.117. The van der Waals surface area contributed by atoms with Gasteiger partial charge in [0.25, 0.3) is 11.8 Å². The first-order valence-electron chi connectivity index (χ1n) is 8.90. The summed E-state index contributed by atoms with van der Waals surface area (Å²) < 4.78 is 0. The molecule has 25 heavy (non-hydrogen) atoms. The zero-order chi connectivity index (χ0) is 18.0. The molecule has 0 aromatic heterocycles. The molecule has 134 valence electrons.